The second-order valence-electron chi connectivity index (χ2n) is 5.23. The van der Waals surface area contributed by atoms with Crippen LogP contribution in [-0.2, 0) is 0 Å². The Kier molecular flexibility index (Phi) is 4.26. The van der Waals surface area contributed by atoms with Gasteiger partial charge in [0.1, 0.15) is 0 Å². The highest BCUT2D eigenvalue weighted by atomic mass is 15.3. The van der Waals surface area contributed by atoms with Crippen LogP contribution in [0, 0.1) is 5.41 Å². The van der Waals surface area contributed by atoms with Crippen LogP contribution in [0.15, 0.2) is 35.4 Å². The Morgan fingerprint density at radius 1 is 1.18 bits per heavy atom. The molecule has 0 saturated heterocycles. The maximum atomic E-state index is 5.36. The molecular weight excluding hydrogens is 212 g/mol. The molecule has 0 bridgehead atoms. The van der Waals surface area contributed by atoms with Gasteiger partial charge in [0.2, 0.25) is 0 Å². The first-order chi connectivity index (χ1) is 7.88. The fourth-order valence-electron chi connectivity index (χ4n) is 1.47. The molecule has 5 N–H and O–H groups in total. The summed E-state index contributed by atoms with van der Waals surface area (Å²) in [5, 5.41) is 6.89. The summed E-state index contributed by atoms with van der Waals surface area (Å²) in [4.78, 5) is 0. The first kappa shape index (κ1) is 13.2. The Labute approximate surface area is 102 Å². The minimum Gasteiger partial charge on any atom is -0.289 e. The van der Waals surface area contributed by atoms with Crippen molar-refractivity contribution < 1.29 is 5.10 Å². The monoisotopic (exact) mass is 233 g/mol. The molecule has 17 heavy (non-hydrogen) atoms. The first-order valence-corrected chi connectivity index (χ1v) is 5.64. The van der Waals surface area contributed by atoms with Gasteiger partial charge in [-0.25, -0.2) is 0 Å². The zero-order valence-corrected chi connectivity index (χ0v) is 10.7. The molecule has 0 aromatic heterocycles. The normalized spacial score (nSPS) is 12.3. The number of hydrogen-bond donors (Lipinski definition) is 3. The lowest BCUT2D eigenvalue weighted by Gasteiger charge is -2.18. The summed E-state index contributed by atoms with van der Waals surface area (Å²) >= 11 is 0. The van der Waals surface area contributed by atoms with Crippen LogP contribution in [-0.4, -0.2) is 11.7 Å². The lowest BCUT2D eigenvalue weighted by Crippen LogP contribution is -2.73. The van der Waals surface area contributed by atoms with Crippen LogP contribution in [0.2, 0.25) is 0 Å². The van der Waals surface area contributed by atoms with Gasteiger partial charge in [-0.1, -0.05) is 51.1 Å². The minimum absolute atomic E-state index is 0.104. The number of hydrogen-bond acceptors (Lipinski definition) is 1. The third-order valence-corrected chi connectivity index (χ3v) is 2.12. The van der Waals surface area contributed by atoms with E-state index in [0.717, 1.165) is 17.7 Å². The Balaban J connectivity index is 3.04. The van der Waals surface area contributed by atoms with Crippen molar-refractivity contribution >= 4 is 11.7 Å². The van der Waals surface area contributed by atoms with Crippen molar-refractivity contribution in [2.45, 2.75) is 27.2 Å². The third-order valence-electron chi connectivity index (χ3n) is 2.12. The maximum absolute atomic E-state index is 5.36. The number of nitrogens with two attached hydrogens (primary N) is 2. The van der Waals surface area contributed by atoms with Gasteiger partial charge >= 0.3 is 5.96 Å². The maximum Gasteiger partial charge on any atom is 0.362 e. The average Bonchev–Trinajstić information content (AvgIpc) is 2.24. The quantitative estimate of drug-likeness (QED) is 0.395. The summed E-state index contributed by atoms with van der Waals surface area (Å²) in [5.74, 6) is 0.104. The van der Waals surface area contributed by atoms with Gasteiger partial charge in [-0.3, -0.25) is 11.5 Å². The molecule has 4 heteroatoms. The lowest BCUT2D eigenvalue weighted by molar-refractivity contribution is -0.464. The zero-order valence-electron chi connectivity index (χ0n) is 10.7. The van der Waals surface area contributed by atoms with E-state index in [2.05, 4.69) is 31.0 Å². The molecule has 0 fully saturated rings. The van der Waals surface area contributed by atoms with Crippen LogP contribution in [0.1, 0.15) is 32.8 Å². The molecule has 4 nitrogen and oxygen atoms in total. The van der Waals surface area contributed by atoms with E-state index in [1.807, 2.05) is 30.3 Å². The molecule has 1 rings (SSSR count). The Morgan fingerprint density at radius 3 is 2.24 bits per heavy atom. The van der Waals surface area contributed by atoms with Gasteiger partial charge in [-0.15, -0.1) is 5.10 Å². The second kappa shape index (κ2) is 5.48. The highest BCUT2D eigenvalue weighted by Crippen LogP contribution is 2.21. The van der Waals surface area contributed by atoms with E-state index >= 15 is 0 Å². The van der Waals surface area contributed by atoms with Crippen LogP contribution in [0.4, 0.5) is 0 Å². The zero-order chi connectivity index (χ0) is 12.9. The van der Waals surface area contributed by atoms with Gasteiger partial charge < -0.3 is 0 Å². The van der Waals surface area contributed by atoms with Crippen molar-refractivity contribution in [1.29, 1.82) is 0 Å². The minimum atomic E-state index is 0.104. The summed E-state index contributed by atoms with van der Waals surface area (Å²) < 4.78 is 0. The number of nitrogens with one attached hydrogen (secondary N) is 1. The molecule has 0 amide bonds. The molecule has 0 unspecified atom stereocenters. The van der Waals surface area contributed by atoms with Crippen LogP contribution in [0.25, 0.3) is 0 Å². The van der Waals surface area contributed by atoms with Crippen LogP contribution < -0.4 is 16.6 Å². The van der Waals surface area contributed by atoms with E-state index in [1.54, 1.807) is 0 Å². The molecule has 0 saturated carbocycles. The second-order valence-corrected chi connectivity index (χ2v) is 5.23. The van der Waals surface area contributed by atoms with Crippen molar-refractivity contribution in [3.05, 3.63) is 35.9 Å². The Bertz CT molecular complexity index is 409. The summed E-state index contributed by atoms with van der Waals surface area (Å²) in [5.41, 5.74) is 12.9. The fraction of sp³-hybridized carbons (Fsp3) is 0.385. The number of hydrazone groups is 1. The van der Waals surface area contributed by atoms with E-state index in [1.165, 1.54) is 0 Å². The highest BCUT2D eigenvalue weighted by Gasteiger charge is 2.16. The molecule has 0 spiro atoms. The number of nitrogens with zero attached hydrogens (tertiary/aromatic N) is 1. The van der Waals surface area contributed by atoms with Gasteiger partial charge in [0, 0.05) is 0 Å². The summed E-state index contributed by atoms with van der Waals surface area (Å²) in [6.45, 7) is 6.50. The SMILES string of the molecule is CC(C)(C)C/C(=N/[NH+]=C(N)N)c1ccccc1. The molecule has 0 aliphatic heterocycles. The van der Waals surface area contributed by atoms with Gasteiger partial charge in [-0.2, -0.15) is 5.10 Å². The standard InChI is InChI=1S/C13H20N4/c1-13(2,3)9-11(16-17-12(14)15)10-7-5-4-6-8-10/h4-8H,9H2,1-3H3,(H4,14,15,17)/p+1/b16-11-. The predicted octanol–water partition coefficient (Wildman–Crippen LogP) is 0.181. The third kappa shape index (κ3) is 5.15. The van der Waals surface area contributed by atoms with Crippen LogP contribution in [0.3, 0.4) is 0 Å². The molecule has 92 valence electrons. The number of guanidine groups is 1. The number of rotatable bonds is 3. The smallest absolute Gasteiger partial charge is 0.289 e. The van der Waals surface area contributed by atoms with E-state index in [4.69, 9.17) is 11.5 Å². The van der Waals surface area contributed by atoms with E-state index in [-0.39, 0.29) is 11.4 Å². The molecule has 1 aromatic carbocycles. The molecule has 1 aromatic rings. The van der Waals surface area contributed by atoms with Gasteiger partial charge in [0.15, 0.2) is 0 Å². The van der Waals surface area contributed by atoms with Crippen LogP contribution >= 0.6 is 0 Å². The molecule has 0 heterocycles. The van der Waals surface area contributed by atoms with Crippen molar-refractivity contribution in [2.75, 3.05) is 0 Å². The van der Waals surface area contributed by atoms with Crippen molar-refractivity contribution in [1.82, 2.24) is 0 Å². The van der Waals surface area contributed by atoms with Crippen LogP contribution in [0.5, 0.6) is 0 Å². The summed E-state index contributed by atoms with van der Waals surface area (Å²) in [6.07, 6.45) is 0.845. The summed E-state index contributed by atoms with van der Waals surface area (Å²) in [7, 11) is 0. The van der Waals surface area contributed by atoms with Gasteiger partial charge in [-0.05, 0) is 17.4 Å². The topological polar surface area (TPSA) is 78.4 Å². The largest absolute Gasteiger partial charge is 0.362 e. The highest BCUT2D eigenvalue weighted by molar-refractivity contribution is 6.00. The van der Waals surface area contributed by atoms with Gasteiger partial charge in [0.25, 0.3) is 0 Å². The predicted molar refractivity (Wildman–Crippen MR) is 71.4 cm³/mol. The summed E-state index contributed by atoms with van der Waals surface area (Å²) in [6, 6.07) is 10.0. The molecular formula is C13H21N4+. The van der Waals surface area contributed by atoms with E-state index < -0.39 is 0 Å². The molecule has 0 aliphatic carbocycles. The van der Waals surface area contributed by atoms with Crippen molar-refractivity contribution in [2.24, 2.45) is 22.0 Å². The first-order valence-electron chi connectivity index (χ1n) is 5.64. The average molecular weight is 233 g/mol. The molecule has 0 atom stereocenters. The molecule has 0 aliphatic rings. The fourth-order valence-corrected chi connectivity index (χ4v) is 1.47. The van der Waals surface area contributed by atoms with E-state index in [0.29, 0.717) is 0 Å². The Morgan fingerprint density at radius 2 is 1.76 bits per heavy atom. The Hall–Kier alpha value is -1.84. The van der Waals surface area contributed by atoms with Gasteiger partial charge in [0.05, 0.1) is 5.71 Å². The van der Waals surface area contributed by atoms with Crippen molar-refractivity contribution in [3.63, 3.8) is 0 Å². The lowest BCUT2D eigenvalue weighted by atomic mass is 9.87. The van der Waals surface area contributed by atoms with E-state index in [9.17, 15) is 0 Å². The molecule has 0 radical (unpaired) electrons. The van der Waals surface area contributed by atoms with Crippen molar-refractivity contribution in [3.8, 4) is 0 Å². The number of benzene rings is 1.